The van der Waals surface area contributed by atoms with Gasteiger partial charge in [-0.2, -0.15) is 0 Å². The second-order valence-electron chi connectivity index (χ2n) is 4.71. The van der Waals surface area contributed by atoms with Crippen molar-refractivity contribution in [1.29, 1.82) is 0 Å². The molecule has 15 heavy (non-hydrogen) atoms. The Hall–Kier alpha value is -0.820. The molecule has 0 bridgehead atoms. The molecular weight excluding hydrogens is 184 g/mol. The molecule has 1 saturated carbocycles. The van der Waals surface area contributed by atoms with Crippen molar-refractivity contribution in [2.24, 2.45) is 0 Å². The van der Waals surface area contributed by atoms with Gasteiger partial charge in [0.15, 0.2) is 0 Å². The van der Waals surface area contributed by atoms with Gasteiger partial charge in [0.2, 0.25) is 0 Å². The largest absolute Gasteiger partial charge is 0.390 e. The summed E-state index contributed by atoms with van der Waals surface area (Å²) in [4.78, 5) is 0. The summed E-state index contributed by atoms with van der Waals surface area (Å²) >= 11 is 0. The maximum Gasteiger partial charge on any atom is 0.0690 e. The standard InChI is InChI=1S/C14H20O/c1-3-12-6-5-11(9-13(12)4-2)10-14(15)7-8-14/h5-6,9,15H,3-4,7-8,10H2,1-2H3. The number of hydrogen-bond acceptors (Lipinski definition) is 1. The van der Waals surface area contributed by atoms with Crippen molar-refractivity contribution in [3.05, 3.63) is 34.9 Å². The van der Waals surface area contributed by atoms with Crippen LogP contribution in [0.4, 0.5) is 0 Å². The van der Waals surface area contributed by atoms with Crippen molar-refractivity contribution in [1.82, 2.24) is 0 Å². The first-order valence-corrected chi connectivity index (χ1v) is 6.00. The van der Waals surface area contributed by atoms with E-state index in [0.717, 1.165) is 32.1 Å². The molecule has 0 atom stereocenters. The summed E-state index contributed by atoms with van der Waals surface area (Å²) in [6.07, 6.45) is 4.99. The van der Waals surface area contributed by atoms with E-state index in [2.05, 4.69) is 32.0 Å². The topological polar surface area (TPSA) is 20.2 Å². The lowest BCUT2D eigenvalue weighted by Gasteiger charge is -2.11. The van der Waals surface area contributed by atoms with Crippen molar-refractivity contribution < 1.29 is 5.11 Å². The zero-order valence-electron chi connectivity index (χ0n) is 9.71. The fraction of sp³-hybridized carbons (Fsp3) is 0.571. The molecular formula is C14H20O. The van der Waals surface area contributed by atoms with Crippen LogP contribution in [0.3, 0.4) is 0 Å². The maximum atomic E-state index is 9.87. The summed E-state index contributed by atoms with van der Waals surface area (Å²) in [6, 6.07) is 6.67. The Kier molecular flexibility index (Phi) is 2.83. The molecule has 0 spiro atoms. The van der Waals surface area contributed by atoms with E-state index >= 15 is 0 Å². The van der Waals surface area contributed by atoms with Crippen molar-refractivity contribution in [2.45, 2.75) is 51.6 Å². The highest BCUT2D eigenvalue weighted by molar-refractivity contribution is 5.33. The molecule has 0 aromatic heterocycles. The smallest absolute Gasteiger partial charge is 0.0690 e. The first-order chi connectivity index (χ1) is 7.17. The summed E-state index contributed by atoms with van der Waals surface area (Å²) in [5, 5.41) is 9.87. The average molecular weight is 204 g/mol. The van der Waals surface area contributed by atoms with Crippen molar-refractivity contribution in [3.8, 4) is 0 Å². The van der Waals surface area contributed by atoms with E-state index in [4.69, 9.17) is 0 Å². The van der Waals surface area contributed by atoms with E-state index in [9.17, 15) is 5.11 Å². The number of benzene rings is 1. The fourth-order valence-electron chi connectivity index (χ4n) is 2.16. The van der Waals surface area contributed by atoms with Crippen molar-refractivity contribution in [3.63, 3.8) is 0 Å². The Labute approximate surface area is 92.1 Å². The number of aliphatic hydroxyl groups is 1. The molecule has 0 radical (unpaired) electrons. The molecule has 2 rings (SSSR count). The SMILES string of the molecule is CCc1ccc(CC2(O)CC2)cc1CC. The van der Waals surface area contributed by atoms with Crippen LogP contribution in [0.15, 0.2) is 18.2 Å². The lowest BCUT2D eigenvalue weighted by Crippen LogP contribution is -2.11. The minimum Gasteiger partial charge on any atom is -0.390 e. The summed E-state index contributed by atoms with van der Waals surface area (Å²) in [6.45, 7) is 4.40. The van der Waals surface area contributed by atoms with Crippen LogP contribution >= 0.6 is 0 Å². The minimum absolute atomic E-state index is 0.362. The molecule has 0 aliphatic heterocycles. The van der Waals surface area contributed by atoms with Gasteiger partial charge >= 0.3 is 0 Å². The Morgan fingerprint density at radius 1 is 1.13 bits per heavy atom. The van der Waals surface area contributed by atoms with Gasteiger partial charge in [-0.05, 0) is 42.4 Å². The summed E-state index contributed by atoms with van der Waals surface area (Å²) in [5.74, 6) is 0. The second-order valence-corrected chi connectivity index (χ2v) is 4.71. The van der Waals surface area contributed by atoms with Gasteiger partial charge in [0.05, 0.1) is 5.60 Å². The highest BCUT2D eigenvalue weighted by Crippen LogP contribution is 2.38. The van der Waals surface area contributed by atoms with Gasteiger partial charge in [0.1, 0.15) is 0 Å². The Bertz CT molecular complexity index is 350. The summed E-state index contributed by atoms with van der Waals surface area (Å²) in [5.41, 5.74) is 3.82. The third-order valence-electron chi connectivity index (χ3n) is 3.39. The molecule has 82 valence electrons. The average Bonchev–Trinajstić information content (AvgIpc) is 2.96. The first kappa shape index (κ1) is 10.7. The van der Waals surface area contributed by atoms with E-state index in [1.54, 1.807) is 0 Å². The van der Waals surface area contributed by atoms with Crippen LogP contribution in [-0.4, -0.2) is 10.7 Å². The Balaban J connectivity index is 2.18. The van der Waals surface area contributed by atoms with Crippen molar-refractivity contribution in [2.75, 3.05) is 0 Å². The third kappa shape index (κ3) is 2.40. The molecule has 1 nitrogen and oxygen atoms in total. The third-order valence-corrected chi connectivity index (χ3v) is 3.39. The Morgan fingerprint density at radius 2 is 1.80 bits per heavy atom. The van der Waals surface area contributed by atoms with Crippen LogP contribution in [0.1, 0.15) is 43.4 Å². The quantitative estimate of drug-likeness (QED) is 0.799. The minimum atomic E-state index is -0.362. The zero-order valence-corrected chi connectivity index (χ0v) is 9.71. The van der Waals surface area contributed by atoms with Gasteiger partial charge in [0, 0.05) is 6.42 Å². The summed E-state index contributed by atoms with van der Waals surface area (Å²) in [7, 11) is 0. The maximum absolute atomic E-state index is 9.87. The zero-order chi connectivity index (χ0) is 10.9. The molecule has 0 unspecified atom stereocenters. The van der Waals surface area contributed by atoms with E-state index in [-0.39, 0.29) is 5.60 Å². The molecule has 1 N–H and O–H groups in total. The van der Waals surface area contributed by atoms with Crippen molar-refractivity contribution >= 4 is 0 Å². The molecule has 1 aliphatic rings. The van der Waals surface area contributed by atoms with Crippen LogP contribution < -0.4 is 0 Å². The lowest BCUT2D eigenvalue weighted by atomic mass is 9.97. The first-order valence-electron chi connectivity index (χ1n) is 6.00. The number of rotatable bonds is 4. The van der Waals surface area contributed by atoms with E-state index < -0.39 is 0 Å². The van der Waals surface area contributed by atoms with Crippen LogP contribution in [0.5, 0.6) is 0 Å². The highest BCUT2D eigenvalue weighted by Gasteiger charge is 2.40. The van der Waals surface area contributed by atoms with Gasteiger partial charge in [-0.15, -0.1) is 0 Å². The van der Waals surface area contributed by atoms with Gasteiger partial charge in [0.25, 0.3) is 0 Å². The van der Waals surface area contributed by atoms with Gasteiger partial charge in [-0.1, -0.05) is 32.0 Å². The Morgan fingerprint density at radius 3 is 2.33 bits per heavy atom. The second kappa shape index (κ2) is 3.97. The van der Waals surface area contributed by atoms with Crippen LogP contribution in [-0.2, 0) is 19.3 Å². The van der Waals surface area contributed by atoms with Crippen LogP contribution in [0, 0.1) is 0 Å². The molecule has 0 amide bonds. The predicted octanol–water partition coefficient (Wildman–Crippen LogP) is 2.88. The fourth-order valence-corrected chi connectivity index (χ4v) is 2.16. The number of aryl methyl sites for hydroxylation is 2. The lowest BCUT2D eigenvalue weighted by molar-refractivity contribution is 0.151. The molecule has 1 aromatic rings. The van der Waals surface area contributed by atoms with Gasteiger partial charge < -0.3 is 5.11 Å². The van der Waals surface area contributed by atoms with Gasteiger partial charge in [-0.3, -0.25) is 0 Å². The van der Waals surface area contributed by atoms with E-state index in [1.165, 1.54) is 16.7 Å². The van der Waals surface area contributed by atoms with Gasteiger partial charge in [-0.25, -0.2) is 0 Å². The van der Waals surface area contributed by atoms with Crippen LogP contribution in [0.2, 0.25) is 0 Å². The summed E-state index contributed by atoms with van der Waals surface area (Å²) < 4.78 is 0. The molecule has 1 fully saturated rings. The predicted molar refractivity (Wildman–Crippen MR) is 63.1 cm³/mol. The van der Waals surface area contributed by atoms with E-state index in [0.29, 0.717) is 0 Å². The highest BCUT2D eigenvalue weighted by atomic mass is 16.3. The molecule has 1 heteroatoms. The molecule has 1 aromatic carbocycles. The molecule has 0 heterocycles. The van der Waals surface area contributed by atoms with E-state index in [1.807, 2.05) is 0 Å². The molecule has 0 saturated heterocycles. The molecule has 1 aliphatic carbocycles. The van der Waals surface area contributed by atoms with Crippen LogP contribution in [0.25, 0.3) is 0 Å². The monoisotopic (exact) mass is 204 g/mol. The number of hydrogen-bond donors (Lipinski definition) is 1. The normalized spacial score (nSPS) is 17.8.